The molecule has 2 aliphatic rings. The number of rotatable bonds is 4. The van der Waals surface area contributed by atoms with Crippen LogP contribution >= 0.6 is 11.5 Å². The van der Waals surface area contributed by atoms with Crippen molar-refractivity contribution in [3.8, 4) is 0 Å². The summed E-state index contributed by atoms with van der Waals surface area (Å²) in [6, 6.07) is 0.344. The third kappa shape index (κ3) is 3.11. The van der Waals surface area contributed by atoms with Gasteiger partial charge in [0.05, 0.1) is 0 Å². The highest BCUT2D eigenvalue weighted by atomic mass is 32.1. The Labute approximate surface area is 123 Å². The molecule has 1 N–H and O–H groups in total. The van der Waals surface area contributed by atoms with Crippen LogP contribution in [-0.2, 0) is 4.79 Å². The minimum Gasteiger partial charge on any atom is -0.353 e. The summed E-state index contributed by atoms with van der Waals surface area (Å²) < 4.78 is 4.41. The molecule has 1 amide bonds. The van der Waals surface area contributed by atoms with E-state index in [9.17, 15) is 4.79 Å². The van der Waals surface area contributed by atoms with E-state index in [1.165, 1.54) is 11.5 Å². The van der Waals surface area contributed by atoms with E-state index >= 15 is 0 Å². The number of carbonyl (C=O) groups is 1. The first kappa shape index (κ1) is 13.8. The molecule has 0 aromatic carbocycles. The molecule has 0 atom stereocenters. The number of aromatic nitrogens is 2. The predicted octanol–water partition coefficient (Wildman–Crippen LogP) is 2.16. The summed E-state index contributed by atoms with van der Waals surface area (Å²) in [6.07, 6.45) is 4.17. The zero-order chi connectivity index (χ0) is 14.1. The molecule has 1 saturated heterocycles. The molecule has 2 heterocycles. The quantitative estimate of drug-likeness (QED) is 0.924. The topological polar surface area (TPSA) is 58.1 Å². The van der Waals surface area contributed by atoms with Crippen LogP contribution in [0.25, 0.3) is 0 Å². The molecule has 1 aliphatic carbocycles. The average Bonchev–Trinajstić information content (AvgIpc) is 3.17. The van der Waals surface area contributed by atoms with Crippen molar-refractivity contribution in [1.29, 1.82) is 0 Å². The molecule has 5 nitrogen and oxygen atoms in total. The minimum atomic E-state index is 0.265. The van der Waals surface area contributed by atoms with Crippen LogP contribution in [0.2, 0.25) is 0 Å². The van der Waals surface area contributed by atoms with E-state index in [2.05, 4.69) is 33.4 Å². The van der Waals surface area contributed by atoms with Gasteiger partial charge in [-0.3, -0.25) is 4.79 Å². The molecule has 0 unspecified atom stereocenters. The van der Waals surface area contributed by atoms with Crippen LogP contribution < -0.4 is 10.2 Å². The van der Waals surface area contributed by atoms with Gasteiger partial charge in [-0.25, -0.2) is 4.98 Å². The van der Waals surface area contributed by atoms with E-state index in [4.69, 9.17) is 0 Å². The number of piperidine rings is 1. The zero-order valence-electron chi connectivity index (χ0n) is 12.1. The van der Waals surface area contributed by atoms with E-state index in [1.807, 2.05) is 0 Å². The molecule has 1 aliphatic heterocycles. The first-order valence-electron chi connectivity index (χ1n) is 7.52. The molecule has 6 heteroatoms. The van der Waals surface area contributed by atoms with Crippen LogP contribution in [0.3, 0.4) is 0 Å². The third-order valence-electron chi connectivity index (χ3n) is 4.01. The Morgan fingerprint density at radius 1 is 1.30 bits per heavy atom. The highest BCUT2D eigenvalue weighted by Gasteiger charge is 2.32. The second-order valence-electron chi connectivity index (χ2n) is 6.13. The minimum absolute atomic E-state index is 0.265. The molecule has 0 radical (unpaired) electrons. The number of hydrogen-bond donors (Lipinski definition) is 1. The van der Waals surface area contributed by atoms with Crippen LogP contribution in [0, 0.1) is 5.92 Å². The molecule has 0 bridgehead atoms. The summed E-state index contributed by atoms with van der Waals surface area (Å²) >= 11 is 1.49. The summed E-state index contributed by atoms with van der Waals surface area (Å²) in [5, 5.41) is 4.21. The summed E-state index contributed by atoms with van der Waals surface area (Å²) in [4.78, 5) is 18.7. The maximum atomic E-state index is 11.8. The average molecular weight is 294 g/mol. The fourth-order valence-corrected chi connectivity index (χ4v) is 3.33. The van der Waals surface area contributed by atoms with Crippen molar-refractivity contribution in [3.63, 3.8) is 0 Å². The molecular weight excluding hydrogens is 272 g/mol. The van der Waals surface area contributed by atoms with Crippen molar-refractivity contribution in [2.24, 2.45) is 5.92 Å². The SMILES string of the molecule is CC(C)c1nsc(N2CCC(NC(=O)C3CC3)CC2)n1. The normalized spacial score (nSPS) is 20.4. The standard InChI is InChI=1S/C14H22N4OS/c1-9(2)12-16-14(20-17-12)18-7-5-11(6-8-18)15-13(19)10-3-4-10/h9-11H,3-8H2,1-2H3,(H,15,19). The Morgan fingerprint density at radius 3 is 2.55 bits per heavy atom. The van der Waals surface area contributed by atoms with Gasteiger partial charge in [0.1, 0.15) is 5.82 Å². The van der Waals surface area contributed by atoms with Gasteiger partial charge in [-0.2, -0.15) is 4.37 Å². The zero-order valence-corrected chi connectivity index (χ0v) is 12.9. The van der Waals surface area contributed by atoms with Crippen molar-refractivity contribution in [1.82, 2.24) is 14.7 Å². The molecular formula is C14H22N4OS. The lowest BCUT2D eigenvalue weighted by Gasteiger charge is -2.31. The monoisotopic (exact) mass is 294 g/mol. The molecule has 2 fully saturated rings. The maximum Gasteiger partial charge on any atom is 0.223 e. The van der Waals surface area contributed by atoms with Crippen molar-refractivity contribution >= 4 is 22.6 Å². The second-order valence-corrected chi connectivity index (χ2v) is 6.86. The Hall–Kier alpha value is -1.17. The fourth-order valence-electron chi connectivity index (χ4n) is 2.47. The van der Waals surface area contributed by atoms with Crippen molar-refractivity contribution in [2.45, 2.75) is 51.5 Å². The van der Waals surface area contributed by atoms with Crippen LogP contribution in [0.4, 0.5) is 5.13 Å². The summed E-state index contributed by atoms with van der Waals surface area (Å²) in [7, 11) is 0. The second kappa shape index (κ2) is 5.68. The molecule has 3 rings (SSSR count). The van der Waals surface area contributed by atoms with Gasteiger partial charge in [-0.15, -0.1) is 0 Å². The van der Waals surface area contributed by atoms with E-state index in [1.54, 1.807) is 0 Å². The lowest BCUT2D eigenvalue weighted by Crippen LogP contribution is -2.45. The van der Waals surface area contributed by atoms with Gasteiger partial charge in [-0.05, 0) is 25.7 Å². The summed E-state index contributed by atoms with van der Waals surface area (Å²) in [5.74, 6) is 1.90. The van der Waals surface area contributed by atoms with Crippen molar-refractivity contribution in [3.05, 3.63) is 5.82 Å². The van der Waals surface area contributed by atoms with Gasteiger partial charge in [0.2, 0.25) is 11.0 Å². The molecule has 0 spiro atoms. The predicted molar refractivity (Wildman–Crippen MR) is 80.1 cm³/mol. The fraction of sp³-hybridized carbons (Fsp3) is 0.786. The highest BCUT2D eigenvalue weighted by molar-refractivity contribution is 7.09. The van der Waals surface area contributed by atoms with Crippen molar-refractivity contribution in [2.75, 3.05) is 18.0 Å². The third-order valence-corrected chi connectivity index (χ3v) is 4.80. The smallest absolute Gasteiger partial charge is 0.223 e. The lowest BCUT2D eigenvalue weighted by atomic mass is 10.1. The number of carbonyl (C=O) groups excluding carboxylic acids is 1. The Kier molecular flexibility index (Phi) is 3.92. The maximum absolute atomic E-state index is 11.8. The van der Waals surface area contributed by atoms with E-state index in [-0.39, 0.29) is 5.91 Å². The summed E-state index contributed by atoms with van der Waals surface area (Å²) in [5.41, 5.74) is 0. The van der Waals surface area contributed by atoms with Gasteiger partial charge < -0.3 is 10.2 Å². The number of nitrogens with one attached hydrogen (secondary N) is 1. The first-order chi connectivity index (χ1) is 9.63. The molecule has 110 valence electrons. The van der Waals surface area contributed by atoms with Crippen LogP contribution in [-0.4, -0.2) is 34.4 Å². The Bertz CT molecular complexity index is 475. The van der Waals surface area contributed by atoms with E-state index in [0.717, 1.165) is 49.7 Å². The lowest BCUT2D eigenvalue weighted by molar-refractivity contribution is -0.123. The van der Waals surface area contributed by atoms with Gasteiger partial charge >= 0.3 is 0 Å². The largest absolute Gasteiger partial charge is 0.353 e. The molecule has 1 aromatic rings. The van der Waals surface area contributed by atoms with Gasteiger partial charge in [0, 0.05) is 42.5 Å². The van der Waals surface area contributed by atoms with Crippen LogP contribution in [0.1, 0.15) is 51.3 Å². The number of anilines is 1. The van der Waals surface area contributed by atoms with E-state index < -0.39 is 0 Å². The molecule has 1 saturated carbocycles. The number of hydrogen-bond acceptors (Lipinski definition) is 5. The summed E-state index contributed by atoms with van der Waals surface area (Å²) in [6.45, 7) is 6.15. The van der Waals surface area contributed by atoms with Gasteiger partial charge in [-0.1, -0.05) is 13.8 Å². The van der Waals surface area contributed by atoms with Gasteiger partial charge in [0.25, 0.3) is 0 Å². The Balaban J connectivity index is 1.50. The molecule has 20 heavy (non-hydrogen) atoms. The highest BCUT2D eigenvalue weighted by Crippen LogP contribution is 2.30. The molecule has 1 aromatic heterocycles. The van der Waals surface area contributed by atoms with Gasteiger partial charge in [0.15, 0.2) is 0 Å². The number of nitrogens with zero attached hydrogens (tertiary/aromatic N) is 3. The van der Waals surface area contributed by atoms with E-state index in [0.29, 0.717) is 17.9 Å². The van der Waals surface area contributed by atoms with Crippen molar-refractivity contribution < 1.29 is 4.79 Å². The Morgan fingerprint density at radius 2 is 2.00 bits per heavy atom. The first-order valence-corrected chi connectivity index (χ1v) is 8.29. The van der Waals surface area contributed by atoms with Crippen LogP contribution in [0.5, 0.6) is 0 Å². The number of amides is 1. The van der Waals surface area contributed by atoms with Crippen LogP contribution in [0.15, 0.2) is 0 Å².